The first-order valence-corrected chi connectivity index (χ1v) is 7.61. The molecule has 0 aliphatic carbocycles. The summed E-state index contributed by atoms with van der Waals surface area (Å²) < 4.78 is 17.4. The Hall–Kier alpha value is -3.62. The number of aromatic nitrogens is 2. The van der Waals surface area contributed by atoms with Crippen molar-refractivity contribution in [2.75, 3.05) is 7.11 Å². The molecule has 2 aromatic heterocycles. The first-order valence-electron chi connectivity index (χ1n) is 7.61. The zero-order valence-electron chi connectivity index (χ0n) is 13.8. The van der Waals surface area contributed by atoms with Gasteiger partial charge in [-0.3, -0.25) is 14.8 Å². The molecular formula is C17H15N3O6. The largest absolute Gasteiger partial charge is 0.496 e. The molecule has 134 valence electrons. The highest BCUT2D eigenvalue weighted by Gasteiger charge is 2.16. The number of non-ortho nitro benzene ring substituents is 1. The summed E-state index contributed by atoms with van der Waals surface area (Å²) in [5.41, 5.74) is 0.273. The van der Waals surface area contributed by atoms with Crippen LogP contribution in [0.1, 0.15) is 21.9 Å². The number of nitrogens with zero attached hydrogens (tertiary/aromatic N) is 3. The van der Waals surface area contributed by atoms with Crippen molar-refractivity contribution in [1.29, 1.82) is 0 Å². The van der Waals surface area contributed by atoms with Crippen LogP contribution in [0.4, 0.5) is 5.69 Å². The van der Waals surface area contributed by atoms with E-state index in [1.807, 2.05) is 0 Å². The average Bonchev–Trinajstić information content (AvgIpc) is 3.31. The molecule has 0 saturated carbocycles. The molecule has 0 unspecified atom stereocenters. The number of hydrogen-bond acceptors (Lipinski definition) is 7. The van der Waals surface area contributed by atoms with Crippen molar-refractivity contribution in [3.63, 3.8) is 0 Å². The summed E-state index contributed by atoms with van der Waals surface area (Å²) in [7, 11) is 1.43. The van der Waals surface area contributed by atoms with Crippen molar-refractivity contribution >= 4 is 11.7 Å². The highest BCUT2D eigenvalue weighted by atomic mass is 16.6. The predicted molar refractivity (Wildman–Crippen MR) is 88.8 cm³/mol. The van der Waals surface area contributed by atoms with Crippen LogP contribution in [-0.2, 0) is 17.9 Å². The maximum Gasteiger partial charge on any atom is 0.374 e. The van der Waals surface area contributed by atoms with Gasteiger partial charge in [0.2, 0.25) is 5.76 Å². The van der Waals surface area contributed by atoms with E-state index in [0.29, 0.717) is 23.6 Å². The number of furan rings is 1. The molecule has 0 aliphatic rings. The van der Waals surface area contributed by atoms with Crippen molar-refractivity contribution in [2.24, 2.45) is 0 Å². The third-order valence-electron chi connectivity index (χ3n) is 3.57. The van der Waals surface area contributed by atoms with Gasteiger partial charge in [-0.25, -0.2) is 4.79 Å². The van der Waals surface area contributed by atoms with Crippen LogP contribution in [0.3, 0.4) is 0 Å². The second-order valence-corrected chi connectivity index (χ2v) is 5.30. The number of methoxy groups -OCH3 is 1. The molecule has 26 heavy (non-hydrogen) atoms. The van der Waals surface area contributed by atoms with Gasteiger partial charge in [-0.1, -0.05) is 0 Å². The van der Waals surface area contributed by atoms with Crippen LogP contribution in [-0.4, -0.2) is 27.8 Å². The molecule has 0 aliphatic heterocycles. The average molecular weight is 357 g/mol. The Balaban J connectivity index is 1.66. The molecule has 3 aromatic rings. The predicted octanol–water partition coefficient (Wildman–Crippen LogP) is 2.80. The molecule has 0 spiro atoms. The van der Waals surface area contributed by atoms with Crippen molar-refractivity contribution in [3.8, 4) is 5.75 Å². The molecule has 0 N–H and O–H groups in total. The lowest BCUT2D eigenvalue weighted by molar-refractivity contribution is -0.385. The Labute approximate surface area is 147 Å². The number of rotatable bonds is 7. The van der Waals surface area contributed by atoms with Gasteiger partial charge in [-0.15, -0.1) is 0 Å². The summed E-state index contributed by atoms with van der Waals surface area (Å²) in [6, 6.07) is 9.02. The van der Waals surface area contributed by atoms with Crippen molar-refractivity contribution in [1.82, 2.24) is 9.78 Å². The quantitative estimate of drug-likeness (QED) is 0.363. The fraction of sp³-hybridized carbons (Fsp3) is 0.176. The smallest absolute Gasteiger partial charge is 0.374 e. The maximum absolute atomic E-state index is 12.1. The van der Waals surface area contributed by atoms with Gasteiger partial charge in [0.05, 0.1) is 18.6 Å². The lowest BCUT2D eigenvalue weighted by Gasteiger charge is -2.08. The lowest BCUT2D eigenvalue weighted by Crippen LogP contribution is -2.05. The van der Waals surface area contributed by atoms with Crippen LogP contribution < -0.4 is 4.74 Å². The SMILES string of the molecule is COc1ccc([N+](=O)[O-])cc1COC(=O)c1ccc(Cn2cccn2)o1. The van der Waals surface area contributed by atoms with E-state index in [-0.39, 0.29) is 18.1 Å². The van der Waals surface area contributed by atoms with E-state index < -0.39 is 10.9 Å². The molecule has 0 atom stereocenters. The van der Waals surface area contributed by atoms with Crippen LogP contribution >= 0.6 is 0 Å². The second-order valence-electron chi connectivity index (χ2n) is 5.30. The number of nitro benzene ring substituents is 1. The fourth-order valence-corrected chi connectivity index (χ4v) is 2.33. The third-order valence-corrected chi connectivity index (χ3v) is 3.57. The molecule has 0 radical (unpaired) electrons. The van der Waals surface area contributed by atoms with Crippen LogP contribution in [0.2, 0.25) is 0 Å². The monoisotopic (exact) mass is 357 g/mol. The van der Waals surface area contributed by atoms with E-state index in [4.69, 9.17) is 13.9 Å². The Morgan fingerprint density at radius 1 is 1.35 bits per heavy atom. The summed E-state index contributed by atoms with van der Waals surface area (Å²) >= 11 is 0. The molecule has 2 heterocycles. The van der Waals surface area contributed by atoms with Gasteiger partial charge in [0.25, 0.3) is 5.69 Å². The molecule has 9 heteroatoms. The van der Waals surface area contributed by atoms with Gasteiger partial charge in [-0.2, -0.15) is 5.10 Å². The number of carbonyl (C=O) groups is 1. The first kappa shape index (κ1) is 17.2. The van der Waals surface area contributed by atoms with Crippen LogP contribution in [0.25, 0.3) is 0 Å². The highest BCUT2D eigenvalue weighted by molar-refractivity contribution is 5.86. The molecule has 3 rings (SSSR count). The molecule has 0 fully saturated rings. The Bertz CT molecular complexity index is 916. The lowest BCUT2D eigenvalue weighted by atomic mass is 10.2. The zero-order valence-corrected chi connectivity index (χ0v) is 13.8. The summed E-state index contributed by atoms with van der Waals surface area (Å²) in [5, 5.41) is 14.9. The Kier molecular flexibility index (Phi) is 4.97. The normalized spacial score (nSPS) is 10.5. The number of ether oxygens (including phenoxy) is 2. The third kappa shape index (κ3) is 3.89. The fourth-order valence-electron chi connectivity index (χ4n) is 2.33. The highest BCUT2D eigenvalue weighted by Crippen LogP contribution is 2.25. The van der Waals surface area contributed by atoms with E-state index in [1.54, 1.807) is 29.2 Å². The van der Waals surface area contributed by atoms with Gasteiger partial charge >= 0.3 is 5.97 Å². The van der Waals surface area contributed by atoms with Gasteiger partial charge in [0.15, 0.2) is 0 Å². The van der Waals surface area contributed by atoms with E-state index in [2.05, 4.69) is 5.10 Å². The van der Waals surface area contributed by atoms with Crippen molar-refractivity contribution in [3.05, 3.63) is 76.0 Å². The van der Waals surface area contributed by atoms with E-state index in [9.17, 15) is 14.9 Å². The van der Waals surface area contributed by atoms with Crippen LogP contribution in [0.15, 0.2) is 53.2 Å². The van der Waals surface area contributed by atoms with E-state index in [1.165, 1.54) is 31.4 Å². The minimum atomic E-state index is -0.676. The summed E-state index contributed by atoms with van der Waals surface area (Å²) in [4.78, 5) is 22.5. The molecule has 0 saturated heterocycles. The van der Waals surface area contributed by atoms with Crippen molar-refractivity contribution < 1.29 is 23.6 Å². The standard InChI is InChI=1S/C17H15N3O6/c1-24-15-5-3-13(20(22)23)9-12(15)11-25-17(21)16-6-4-14(26-16)10-19-8-2-7-18-19/h2-9H,10-11H2,1H3. The number of carbonyl (C=O) groups excluding carboxylic acids is 1. The van der Waals surface area contributed by atoms with Crippen molar-refractivity contribution in [2.45, 2.75) is 13.2 Å². The summed E-state index contributed by atoms with van der Waals surface area (Å²) in [6.07, 6.45) is 3.42. The molecule has 0 bridgehead atoms. The van der Waals surface area contributed by atoms with Crippen LogP contribution in [0.5, 0.6) is 5.75 Å². The minimum absolute atomic E-state index is 0.0385. The Morgan fingerprint density at radius 3 is 2.88 bits per heavy atom. The number of esters is 1. The number of nitro groups is 1. The van der Waals surface area contributed by atoms with Crippen LogP contribution in [0, 0.1) is 10.1 Å². The summed E-state index contributed by atoms with van der Waals surface area (Å²) in [6.45, 7) is 0.206. The Morgan fingerprint density at radius 2 is 2.19 bits per heavy atom. The van der Waals surface area contributed by atoms with Gasteiger partial charge < -0.3 is 13.9 Å². The van der Waals surface area contributed by atoms with Gasteiger partial charge in [-0.05, 0) is 24.3 Å². The number of hydrogen-bond donors (Lipinski definition) is 0. The maximum atomic E-state index is 12.1. The summed E-state index contributed by atoms with van der Waals surface area (Å²) in [5.74, 6) is 0.303. The van der Waals surface area contributed by atoms with Gasteiger partial charge in [0.1, 0.15) is 18.1 Å². The second kappa shape index (κ2) is 7.51. The molecule has 0 amide bonds. The molecule has 9 nitrogen and oxygen atoms in total. The first-order chi connectivity index (χ1) is 12.6. The number of benzene rings is 1. The van der Waals surface area contributed by atoms with Gasteiger partial charge in [0, 0.05) is 30.1 Å². The molecular weight excluding hydrogens is 342 g/mol. The van der Waals surface area contributed by atoms with E-state index in [0.717, 1.165) is 0 Å². The molecule has 1 aromatic carbocycles. The topological polar surface area (TPSA) is 110 Å². The van der Waals surface area contributed by atoms with E-state index >= 15 is 0 Å². The minimum Gasteiger partial charge on any atom is -0.496 e. The zero-order chi connectivity index (χ0) is 18.5.